The second kappa shape index (κ2) is 12.1. The highest BCUT2D eigenvalue weighted by Crippen LogP contribution is 2.29. The predicted molar refractivity (Wildman–Crippen MR) is 118 cm³/mol. The second-order valence-electron chi connectivity index (χ2n) is 7.52. The summed E-state index contributed by atoms with van der Waals surface area (Å²) in [7, 11) is 0. The number of halogens is 3. The molecule has 0 aliphatic rings. The molecular formula is C23H30F3N3O2. The van der Waals surface area contributed by atoms with E-state index >= 15 is 0 Å². The number of hydrogen-bond acceptors (Lipinski definition) is 4. The summed E-state index contributed by atoms with van der Waals surface area (Å²) < 4.78 is 42.7. The molecule has 0 aliphatic heterocycles. The van der Waals surface area contributed by atoms with Crippen LogP contribution in [0.15, 0.2) is 36.4 Å². The molecule has 5 nitrogen and oxygen atoms in total. The van der Waals surface area contributed by atoms with Gasteiger partial charge in [-0.3, -0.25) is 4.79 Å². The van der Waals surface area contributed by atoms with Gasteiger partial charge in [-0.15, -0.1) is 0 Å². The Hall–Kier alpha value is -2.90. The van der Waals surface area contributed by atoms with Crippen molar-refractivity contribution >= 4 is 23.0 Å². The number of phenols is 1. The maximum Gasteiger partial charge on any atom is 0.262 e. The Labute approximate surface area is 180 Å². The summed E-state index contributed by atoms with van der Waals surface area (Å²) >= 11 is 0. The molecule has 0 radical (unpaired) electrons. The Morgan fingerprint density at radius 1 is 1.03 bits per heavy atom. The van der Waals surface area contributed by atoms with Crippen LogP contribution in [-0.4, -0.2) is 23.4 Å². The van der Waals surface area contributed by atoms with Crippen molar-refractivity contribution < 1.29 is 23.1 Å². The van der Waals surface area contributed by atoms with Crippen LogP contribution >= 0.6 is 0 Å². The lowest BCUT2D eigenvalue weighted by Gasteiger charge is -2.16. The van der Waals surface area contributed by atoms with Crippen molar-refractivity contribution in [2.45, 2.75) is 64.3 Å². The molecule has 2 rings (SSSR count). The number of anilines is 3. The maximum absolute atomic E-state index is 14.6. The lowest BCUT2D eigenvalue weighted by molar-refractivity contribution is -0.123. The third kappa shape index (κ3) is 7.38. The molecule has 5 N–H and O–H groups in total. The van der Waals surface area contributed by atoms with Gasteiger partial charge in [0.15, 0.2) is 5.82 Å². The molecule has 0 heterocycles. The Morgan fingerprint density at radius 3 is 2.35 bits per heavy atom. The number of aromatic hydroxyl groups is 1. The van der Waals surface area contributed by atoms with Gasteiger partial charge in [0, 0.05) is 6.54 Å². The fourth-order valence-electron chi connectivity index (χ4n) is 3.10. The number of carbonyl (C=O) groups is 1. The van der Waals surface area contributed by atoms with Crippen molar-refractivity contribution in [2.75, 3.05) is 16.4 Å². The maximum atomic E-state index is 14.6. The van der Waals surface area contributed by atoms with Crippen molar-refractivity contribution in [3.8, 4) is 5.75 Å². The fraction of sp³-hybridized carbons (Fsp3) is 0.435. The molecule has 0 saturated heterocycles. The highest BCUT2D eigenvalue weighted by molar-refractivity contribution is 5.97. The summed E-state index contributed by atoms with van der Waals surface area (Å²) in [6, 6.07) is 9.07. The average molecular weight is 438 g/mol. The van der Waals surface area contributed by atoms with Crippen LogP contribution in [0.3, 0.4) is 0 Å². The number of unbranched alkanes of at least 4 members (excludes halogenated alkanes) is 4. The second-order valence-corrected chi connectivity index (χ2v) is 7.52. The van der Waals surface area contributed by atoms with E-state index in [0.717, 1.165) is 31.2 Å². The molecule has 0 saturated carbocycles. The van der Waals surface area contributed by atoms with Crippen LogP contribution in [0.4, 0.5) is 30.2 Å². The number of carbonyl (C=O) groups excluding carboxylic acids is 1. The third-order valence-corrected chi connectivity index (χ3v) is 5.01. The Kier molecular flexibility index (Phi) is 9.49. The van der Waals surface area contributed by atoms with E-state index in [1.54, 1.807) is 12.1 Å². The summed E-state index contributed by atoms with van der Waals surface area (Å²) in [5, 5.41) is 14.3. The summed E-state index contributed by atoms with van der Waals surface area (Å²) in [6.45, 7) is 2.34. The molecular weight excluding hydrogens is 407 g/mol. The molecule has 31 heavy (non-hydrogen) atoms. The van der Waals surface area contributed by atoms with Gasteiger partial charge in [-0.25, -0.2) is 13.2 Å². The number of alkyl halides is 2. The SMILES string of the molecule is CCCCCCC[C@H](F)[C@@H](F)C(=O)Nc1ccc(NCc2ccc(O)cc2)c(F)c1N. The van der Waals surface area contributed by atoms with Gasteiger partial charge in [0.2, 0.25) is 6.17 Å². The van der Waals surface area contributed by atoms with Crippen molar-refractivity contribution in [3.05, 3.63) is 47.8 Å². The average Bonchev–Trinajstić information content (AvgIpc) is 2.76. The number of nitrogens with one attached hydrogen (secondary N) is 2. The summed E-state index contributed by atoms with van der Waals surface area (Å²) in [4.78, 5) is 12.0. The first kappa shape index (κ1) is 24.4. The summed E-state index contributed by atoms with van der Waals surface area (Å²) in [5.74, 6) is -1.87. The highest BCUT2D eigenvalue weighted by atomic mass is 19.2. The number of amides is 1. The normalized spacial score (nSPS) is 12.9. The molecule has 2 atom stereocenters. The molecule has 0 unspecified atom stereocenters. The molecule has 2 aromatic carbocycles. The minimum Gasteiger partial charge on any atom is -0.508 e. The molecule has 8 heteroatoms. The van der Waals surface area contributed by atoms with E-state index in [1.165, 1.54) is 24.3 Å². The van der Waals surface area contributed by atoms with Crippen molar-refractivity contribution in [1.82, 2.24) is 0 Å². The lowest BCUT2D eigenvalue weighted by atomic mass is 10.1. The predicted octanol–water partition coefficient (Wildman–Crippen LogP) is 5.70. The van der Waals surface area contributed by atoms with Crippen LogP contribution in [0.25, 0.3) is 0 Å². The first-order chi connectivity index (χ1) is 14.8. The van der Waals surface area contributed by atoms with E-state index in [4.69, 9.17) is 5.73 Å². The van der Waals surface area contributed by atoms with Crippen molar-refractivity contribution in [2.24, 2.45) is 0 Å². The Bertz CT molecular complexity index is 847. The number of phenolic OH excluding ortho intramolecular Hbond substituents is 1. The fourth-order valence-corrected chi connectivity index (χ4v) is 3.10. The molecule has 0 aromatic heterocycles. The van der Waals surface area contributed by atoms with Gasteiger partial charge in [0.1, 0.15) is 11.9 Å². The Balaban J connectivity index is 1.91. The molecule has 0 fully saturated rings. The zero-order valence-corrected chi connectivity index (χ0v) is 17.6. The van der Waals surface area contributed by atoms with Crippen LogP contribution in [-0.2, 0) is 11.3 Å². The Morgan fingerprint density at radius 2 is 1.68 bits per heavy atom. The van der Waals surface area contributed by atoms with E-state index in [2.05, 4.69) is 17.6 Å². The largest absolute Gasteiger partial charge is 0.508 e. The number of rotatable bonds is 12. The summed E-state index contributed by atoms with van der Waals surface area (Å²) in [6.07, 6.45) is 0.0429. The van der Waals surface area contributed by atoms with Crippen LogP contribution < -0.4 is 16.4 Å². The molecule has 0 spiro atoms. The zero-order valence-electron chi connectivity index (χ0n) is 17.6. The van der Waals surface area contributed by atoms with Crippen LogP contribution in [0.2, 0.25) is 0 Å². The molecule has 170 valence electrons. The number of nitrogens with two attached hydrogens (primary N) is 1. The molecule has 0 aliphatic carbocycles. The summed E-state index contributed by atoms with van der Waals surface area (Å²) in [5.41, 5.74) is 6.16. The van der Waals surface area contributed by atoms with Crippen LogP contribution in [0, 0.1) is 5.82 Å². The van der Waals surface area contributed by atoms with Gasteiger partial charge in [-0.1, -0.05) is 51.2 Å². The van der Waals surface area contributed by atoms with Gasteiger partial charge >= 0.3 is 0 Å². The lowest BCUT2D eigenvalue weighted by Crippen LogP contribution is -2.32. The van der Waals surface area contributed by atoms with Gasteiger partial charge in [-0.05, 0) is 36.2 Å². The zero-order chi connectivity index (χ0) is 22.8. The van der Waals surface area contributed by atoms with E-state index in [1.807, 2.05) is 0 Å². The van der Waals surface area contributed by atoms with E-state index in [-0.39, 0.29) is 35.8 Å². The number of nitrogen functional groups attached to an aromatic ring is 1. The molecule has 0 bridgehead atoms. The third-order valence-electron chi connectivity index (χ3n) is 5.01. The minimum atomic E-state index is -2.35. The smallest absolute Gasteiger partial charge is 0.262 e. The molecule has 1 amide bonds. The van der Waals surface area contributed by atoms with E-state index < -0.39 is 24.1 Å². The van der Waals surface area contributed by atoms with Crippen molar-refractivity contribution in [3.63, 3.8) is 0 Å². The van der Waals surface area contributed by atoms with Gasteiger partial charge in [0.05, 0.1) is 17.1 Å². The van der Waals surface area contributed by atoms with E-state index in [9.17, 15) is 23.1 Å². The van der Waals surface area contributed by atoms with Gasteiger partial charge < -0.3 is 21.5 Å². The topological polar surface area (TPSA) is 87.4 Å². The highest BCUT2D eigenvalue weighted by Gasteiger charge is 2.28. The quantitative estimate of drug-likeness (QED) is 0.253. The first-order valence-corrected chi connectivity index (χ1v) is 10.5. The van der Waals surface area contributed by atoms with E-state index in [0.29, 0.717) is 6.42 Å². The van der Waals surface area contributed by atoms with Gasteiger partial charge in [-0.2, -0.15) is 0 Å². The molecule has 2 aromatic rings. The van der Waals surface area contributed by atoms with Gasteiger partial charge in [0.25, 0.3) is 5.91 Å². The standard InChI is InChI=1S/C23H30F3N3O2/c1-2-3-4-5-6-7-17(24)20(25)23(31)29-19-13-12-18(21(26)22(19)27)28-14-15-8-10-16(30)11-9-15/h8-13,17,20,28,30H,2-7,14,27H2,1H3,(H,29,31)/t17-,20+/m0/s1. The minimum absolute atomic E-state index is 0.0394. The first-order valence-electron chi connectivity index (χ1n) is 10.5. The number of benzene rings is 2. The number of hydrogen-bond donors (Lipinski definition) is 4. The van der Waals surface area contributed by atoms with Crippen LogP contribution in [0.5, 0.6) is 5.75 Å². The monoisotopic (exact) mass is 437 g/mol. The van der Waals surface area contributed by atoms with Crippen molar-refractivity contribution in [1.29, 1.82) is 0 Å². The van der Waals surface area contributed by atoms with Crippen LogP contribution in [0.1, 0.15) is 51.0 Å².